The topological polar surface area (TPSA) is 63.1 Å². The van der Waals surface area contributed by atoms with E-state index in [1.54, 1.807) is 11.0 Å². The van der Waals surface area contributed by atoms with Crippen LogP contribution >= 0.6 is 0 Å². The highest BCUT2D eigenvalue weighted by Gasteiger charge is 2.24. The maximum absolute atomic E-state index is 12.1. The maximum Gasteiger partial charge on any atom is 0.244 e. The molecule has 1 saturated heterocycles. The number of para-hydroxylation sites is 1. The molecular weight excluding hydrogens is 278 g/mol. The molecule has 1 aliphatic heterocycles. The zero-order valence-corrected chi connectivity index (χ0v) is 12.7. The molecule has 0 radical (unpaired) electrons. The van der Waals surface area contributed by atoms with Crippen LogP contribution < -0.4 is 10.2 Å². The van der Waals surface area contributed by atoms with E-state index in [1.165, 1.54) is 12.0 Å². The van der Waals surface area contributed by atoms with Crippen molar-refractivity contribution in [3.05, 3.63) is 43.0 Å². The molecule has 1 amide bonds. The van der Waals surface area contributed by atoms with Crippen molar-refractivity contribution in [2.24, 2.45) is 5.92 Å². The Labute approximate surface area is 130 Å². The van der Waals surface area contributed by atoms with Gasteiger partial charge in [-0.05, 0) is 31.4 Å². The fourth-order valence-electron chi connectivity index (χ4n) is 2.80. The number of anilines is 1. The summed E-state index contributed by atoms with van der Waals surface area (Å²) in [5, 5.41) is 7.04. The molecule has 22 heavy (non-hydrogen) atoms. The molecule has 0 bridgehead atoms. The number of benzene rings is 1. The lowest BCUT2D eigenvalue weighted by molar-refractivity contribution is -0.124. The van der Waals surface area contributed by atoms with E-state index in [-0.39, 0.29) is 11.9 Å². The number of amides is 1. The van der Waals surface area contributed by atoms with Crippen LogP contribution in [0.3, 0.4) is 0 Å². The van der Waals surface area contributed by atoms with Gasteiger partial charge in [-0.3, -0.25) is 4.79 Å². The molecule has 0 unspecified atom stereocenters. The third-order valence-electron chi connectivity index (χ3n) is 4.19. The van der Waals surface area contributed by atoms with Gasteiger partial charge in [0.05, 0.1) is 0 Å². The number of aromatic nitrogens is 3. The summed E-state index contributed by atoms with van der Waals surface area (Å²) in [6.45, 7) is 4.57. The first kappa shape index (κ1) is 14.6. The summed E-state index contributed by atoms with van der Waals surface area (Å²) >= 11 is 0. The SMILES string of the molecule is C[C@H](C(=O)NC[C@H]1CCN(c2ccccc2)C1)n1cncn1. The Morgan fingerprint density at radius 3 is 2.95 bits per heavy atom. The largest absolute Gasteiger partial charge is 0.371 e. The molecule has 1 aliphatic rings. The van der Waals surface area contributed by atoms with Gasteiger partial charge in [-0.25, -0.2) is 9.67 Å². The van der Waals surface area contributed by atoms with E-state index in [0.29, 0.717) is 12.5 Å². The molecule has 2 atom stereocenters. The van der Waals surface area contributed by atoms with Gasteiger partial charge >= 0.3 is 0 Å². The predicted octanol–water partition coefficient (Wildman–Crippen LogP) is 1.48. The summed E-state index contributed by atoms with van der Waals surface area (Å²) in [7, 11) is 0. The van der Waals surface area contributed by atoms with E-state index in [9.17, 15) is 4.79 Å². The lowest BCUT2D eigenvalue weighted by Crippen LogP contribution is -2.35. The van der Waals surface area contributed by atoms with Crippen molar-refractivity contribution in [1.82, 2.24) is 20.1 Å². The summed E-state index contributed by atoms with van der Waals surface area (Å²) in [5.41, 5.74) is 1.26. The van der Waals surface area contributed by atoms with Gasteiger partial charge in [-0.2, -0.15) is 5.10 Å². The van der Waals surface area contributed by atoms with Crippen molar-refractivity contribution in [3.63, 3.8) is 0 Å². The number of nitrogens with zero attached hydrogens (tertiary/aromatic N) is 4. The Kier molecular flexibility index (Phi) is 4.37. The van der Waals surface area contributed by atoms with E-state index < -0.39 is 0 Å². The molecule has 0 spiro atoms. The minimum Gasteiger partial charge on any atom is -0.371 e. The van der Waals surface area contributed by atoms with Crippen LogP contribution in [0.1, 0.15) is 19.4 Å². The number of rotatable bonds is 5. The summed E-state index contributed by atoms with van der Waals surface area (Å²) in [6.07, 6.45) is 4.11. The third kappa shape index (κ3) is 3.27. The number of nitrogens with one attached hydrogen (secondary N) is 1. The van der Waals surface area contributed by atoms with E-state index in [0.717, 1.165) is 19.5 Å². The highest BCUT2D eigenvalue weighted by Crippen LogP contribution is 2.23. The Morgan fingerprint density at radius 1 is 1.41 bits per heavy atom. The Balaban J connectivity index is 1.48. The van der Waals surface area contributed by atoms with Crippen LogP contribution in [-0.2, 0) is 4.79 Å². The van der Waals surface area contributed by atoms with Crippen LogP contribution in [0, 0.1) is 5.92 Å². The predicted molar refractivity (Wildman–Crippen MR) is 84.5 cm³/mol. The molecule has 3 rings (SSSR count). The standard InChI is InChI=1S/C16H21N5O/c1-13(21-12-17-11-19-21)16(22)18-9-14-7-8-20(10-14)15-5-3-2-4-6-15/h2-6,11-14H,7-10H2,1H3,(H,18,22)/t13-,14-/m1/s1. The number of hydrogen-bond donors (Lipinski definition) is 1. The average Bonchev–Trinajstić information content (AvgIpc) is 3.24. The van der Waals surface area contributed by atoms with Gasteiger partial charge in [0.25, 0.3) is 0 Å². The molecule has 6 heteroatoms. The Hall–Kier alpha value is -2.37. The van der Waals surface area contributed by atoms with Crippen molar-refractivity contribution < 1.29 is 4.79 Å². The summed E-state index contributed by atoms with van der Waals surface area (Å²) in [4.78, 5) is 18.4. The van der Waals surface area contributed by atoms with Gasteiger partial charge in [-0.1, -0.05) is 18.2 Å². The second-order valence-corrected chi connectivity index (χ2v) is 5.73. The van der Waals surface area contributed by atoms with Gasteiger partial charge in [0.15, 0.2) is 0 Å². The highest BCUT2D eigenvalue weighted by molar-refractivity contribution is 5.79. The molecule has 2 heterocycles. The Morgan fingerprint density at radius 2 is 2.23 bits per heavy atom. The van der Waals surface area contributed by atoms with Crippen molar-refractivity contribution in [2.75, 3.05) is 24.5 Å². The van der Waals surface area contributed by atoms with Gasteiger partial charge in [0.2, 0.25) is 5.91 Å². The van der Waals surface area contributed by atoms with Crippen LogP contribution in [-0.4, -0.2) is 40.3 Å². The van der Waals surface area contributed by atoms with E-state index in [4.69, 9.17) is 0 Å². The quantitative estimate of drug-likeness (QED) is 0.908. The summed E-state index contributed by atoms with van der Waals surface area (Å²) < 4.78 is 1.57. The molecule has 1 aromatic carbocycles. The van der Waals surface area contributed by atoms with Crippen molar-refractivity contribution in [3.8, 4) is 0 Å². The number of carbonyl (C=O) groups is 1. The van der Waals surface area contributed by atoms with Crippen molar-refractivity contribution >= 4 is 11.6 Å². The molecule has 1 aromatic heterocycles. The molecule has 116 valence electrons. The molecular formula is C16H21N5O. The van der Waals surface area contributed by atoms with Crippen LogP contribution in [0.25, 0.3) is 0 Å². The number of hydrogen-bond acceptors (Lipinski definition) is 4. The zero-order valence-electron chi connectivity index (χ0n) is 12.7. The Bertz CT molecular complexity index is 598. The zero-order chi connectivity index (χ0) is 15.4. The molecule has 0 saturated carbocycles. The van der Waals surface area contributed by atoms with Gasteiger partial charge in [0, 0.05) is 25.3 Å². The second kappa shape index (κ2) is 6.60. The first-order valence-corrected chi connectivity index (χ1v) is 7.66. The molecule has 6 nitrogen and oxygen atoms in total. The third-order valence-corrected chi connectivity index (χ3v) is 4.19. The fourth-order valence-corrected chi connectivity index (χ4v) is 2.80. The fraction of sp³-hybridized carbons (Fsp3) is 0.438. The first-order chi connectivity index (χ1) is 10.7. The van der Waals surface area contributed by atoms with Crippen molar-refractivity contribution in [1.29, 1.82) is 0 Å². The van der Waals surface area contributed by atoms with E-state index in [1.807, 2.05) is 13.0 Å². The molecule has 2 aromatic rings. The van der Waals surface area contributed by atoms with Crippen LogP contribution in [0.5, 0.6) is 0 Å². The summed E-state index contributed by atoms with van der Waals surface area (Å²) in [5.74, 6) is 0.482. The van der Waals surface area contributed by atoms with Gasteiger partial charge in [0.1, 0.15) is 18.7 Å². The average molecular weight is 299 g/mol. The minimum atomic E-state index is -0.325. The van der Waals surface area contributed by atoms with Gasteiger partial charge < -0.3 is 10.2 Å². The van der Waals surface area contributed by atoms with E-state index in [2.05, 4.69) is 44.6 Å². The normalized spacial score (nSPS) is 19.1. The highest BCUT2D eigenvalue weighted by atomic mass is 16.2. The summed E-state index contributed by atoms with van der Waals surface area (Å²) in [6, 6.07) is 10.1. The molecule has 1 fully saturated rings. The molecule has 1 N–H and O–H groups in total. The second-order valence-electron chi connectivity index (χ2n) is 5.73. The minimum absolute atomic E-state index is 0.0105. The van der Waals surface area contributed by atoms with Crippen LogP contribution in [0.15, 0.2) is 43.0 Å². The van der Waals surface area contributed by atoms with Gasteiger partial charge in [-0.15, -0.1) is 0 Å². The first-order valence-electron chi connectivity index (χ1n) is 7.66. The lowest BCUT2D eigenvalue weighted by atomic mass is 10.1. The van der Waals surface area contributed by atoms with E-state index >= 15 is 0 Å². The molecule has 0 aliphatic carbocycles. The van der Waals surface area contributed by atoms with Crippen LogP contribution in [0.4, 0.5) is 5.69 Å². The maximum atomic E-state index is 12.1. The van der Waals surface area contributed by atoms with Crippen molar-refractivity contribution in [2.45, 2.75) is 19.4 Å². The number of carbonyl (C=O) groups excluding carboxylic acids is 1. The monoisotopic (exact) mass is 299 g/mol. The smallest absolute Gasteiger partial charge is 0.244 e. The van der Waals surface area contributed by atoms with Crippen LogP contribution in [0.2, 0.25) is 0 Å². The lowest BCUT2D eigenvalue weighted by Gasteiger charge is -2.19.